The lowest BCUT2D eigenvalue weighted by molar-refractivity contribution is 0.413. The van der Waals surface area contributed by atoms with E-state index in [-0.39, 0.29) is 5.41 Å². The van der Waals surface area contributed by atoms with Gasteiger partial charge in [-0.1, -0.05) is 19.9 Å². The Labute approximate surface area is 112 Å². The zero-order valence-corrected chi connectivity index (χ0v) is 11.8. The maximum Gasteiger partial charge on any atom is 0.137 e. The van der Waals surface area contributed by atoms with Crippen molar-refractivity contribution >= 4 is 17.2 Å². The first kappa shape index (κ1) is 12.9. The van der Waals surface area contributed by atoms with Crippen LogP contribution in [-0.2, 0) is 5.41 Å². The van der Waals surface area contributed by atoms with Crippen LogP contribution in [-0.4, -0.2) is 18.6 Å². The van der Waals surface area contributed by atoms with Gasteiger partial charge in [0.15, 0.2) is 0 Å². The van der Waals surface area contributed by atoms with Crippen LogP contribution in [0.1, 0.15) is 18.7 Å². The normalized spacial score (nSPS) is 11.3. The van der Waals surface area contributed by atoms with Crippen molar-refractivity contribution in [1.29, 1.82) is 0 Å². The van der Waals surface area contributed by atoms with Gasteiger partial charge in [-0.2, -0.15) is 0 Å². The van der Waals surface area contributed by atoms with Crippen LogP contribution in [0.2, 0.25) is 0 Å². The van der Waals surface area contributed by atoms with Crippen LogP contribution in [0.5, 0.6) is 5.75 Å². The minimum atomic E-state index is 0.107. The predicted octanol–water partition coefficient (Wildman–Crippen LogP) is 3.54. The molecule has 0 amide bonds. The Balaban J connectivity index is 1.98. The van der Waals surface area contributed by atoms with Gasteiger partial charge < -0.3 is 10.1 Å². The van der Waals surface area contributed by atoms with Gasteiger partial charge in [-0.05, 0) is 23.6 Å². The van der Waals surface area contributed by atoms with Gasteiger partial charge in [-0.15, -0.1) is 11.3 Å². The van der Waals surface area contributed by atoms with Crippen LogP contribution < -0.4 is 10.1 Å². The largest absolute Gasteiger partial charge is 0.495 e. The molecule has 0 atom stereocenters. The molecule has 0 aliphatic rings. The number of rotatable bonds is 5. The molecule has 0 aliphatic carbocycles. The van der Waals surface area contributed by atoms with E-state index in [9.17, 15) is 0 Å². The van der Waals surface area contributed by atoms with E-state index in [4.69, 9.17) is 4.74 Å². The van der Waals surface area contributed by atoms with Crippen molar-refractivity contribution in [3.63, 3.8) is 0 Å². The SMILES string of the molecule is COc1ccc(NCC(C)(C)c2cccs2)nc1. The van der Waals surface area contributed by atoms with E-state index >= 15 is 0 Å². The van der Waals surface area contributed by atoms with E-state index < -0.39 is 0 Å². The summed E-state index contributed by atoms with van der Waals surface area (Å²) >= 11 is 1.79. The number of ether oxygens (including phenoxy) is 1. The van der Waals surface area contributed by atoms with Crippen LogP contribution >= 0.6 is 11.3 Å². The molecule has 4 heteroatoms. The standard InChI is InChI=1S/C14H18N2OS/c1-14(2,12-5-4-8-18-12)10-16-13-7-6-11(17-3)9-15-13/h4-9H,10H2,1-3H3,(H,15,16). The number of pyridine rings is 1. The molecule has 0 spiro atoms. The predicted molar refractivity (Wildman–Crippen MR) is 76.6 cm³/mol. The molecule has 0 radical (unpaired) electrons. The van der Waals surface area contributed by atoms with E-state index in [0.29, 0.717) is 0 Å². The maximum atomic E-state index is 5.08. The summed E-state index contributed by atoms with van der Waals surface area (Å²) in [4.78, 5) is 5.68. The van der Waals surface area contributed by atoms with E-state index in [2.05, 4.69) is 41.7 Å². The van der Waals surface area contributed by atoms with E-state index in [1.165, 1.54) is 4.88 Å². The summed E-state index contributed by atoms with van der Waals surface area (Å²) < 4.78 is 5.08. The molecule has 3 nitrogen and oxygen atoms in total. The van der Waals surface area contributed by atoms with Gasteiger partial charge in [0.25, 0.3) is 0 Å². The van der Waals surface area contributed by atoms with Gasteiger partial charge >= 0.3 is 0 Å². The zero-order valence-electron chi connectivity index (χ0n) is 10.9. The van der Waals surface area contributed by atoms with Crippen LogP contribution in [0.3, 0.4) is 0 Å². The van der Waals surface area contributed by atoms with E-state index in [0.717, 1.165) is 18.1 Å². The molecule has 0 aromatic carbocycles. The fourth-order valence-electron chi connectivity index (χ4n) is 1.67. The molecule has 0 fully saturated rings. The minimum absolute atomic E-state index is 0.107. The number of nitrogens with one attached hydrogen (secondary N) is 1. The summed E-state index contributed by atoms with van der Waals surface area (Å²) in [6.07, 6.45) is 1.72. The molecule has 0 bridgehead atoms. The molecular formula is C14H18N2OS. The Morgan fingerprint density at radius 1 is 1.33 bits per heavy atom. The molecule has 2 rings (SSSR count). The third-order valence-corrected chi connectivity index (χ3v) is 4.11. The van der Waals surface area contributed by atoms with Crippen molar-refractivity contribution in [1.82, 2.24) is 4.98 Å². The summed E-state index contributed by atoms with van der Waals surface area (Å²) in [5.74, 6) is 1.65. The van der Waals surface area contributed by atoms with Gasteiger partial charge in [-0.25, -0.2) is 4.98 Å². The van der Waals surface area contributed by atoms with Crippen molar-refractivity contribution in [3.8, 4) is 5.75 Å². The van der Waals surface area contributed by atoms with Crippen LogP contribution in [0.15, 0.2) is 35.8 Å². The number of nitrogens with zero attached hydrogens (tertiary/aromatic N) is 1. The second kappa shape index (κ2) is 5.40. The molecule has 0 saturated heterocycles. The summed E-state index contributed by atoms with van der Waals surface area (Å²) in [5, 5.41) is 5.48. The van der Waals surface area contributed by atoms with Gasteiger partial charge in [0.2, 0.25) is 0 Å². The molecule has 2 aromatic rings. The van der Waals surface area contributed by atoms with E-state index in [1.807, 2.05) is 12.1 Å². The topological polar surface area (TPSA) is 34.1 Å². The first-order valence-corrected chi connectivity index (χ1v) is 6.78. The smallest absolute Gasteiger partial charge is 0.137 e. The average molecular weight is 262 g/mol. The highest BCUT2D eigenvalue weighted by molar-refractivity contribution is 7.10. The van der Waals surface area contributed by atoms with Crippen LogP contribution in [0.4, 0.5) is 5.82 Å². The quantitative estimate of drug-likeness (QED) is 0.895. The Hall–Kier alpha value is -1.55. The summed E-state index contributed by atoms with van der Waals surface area (Å²) in [7, 11) is 1.64. The third kappa shape index (κ3) is 3.01. The summed E-state index contributed by atoms with van der Waals surface area (Å²) in [5.41, 5.74) is 0.107. The molecule has 96 valence electrons. The number of methoxy groups -OCH3 is 1. The maximum absolute atomic E-state index is 5.08. The Bertz CT molecular complexity index is 477. The molecule has 18 heavy (non-hydrogen) atoms. The lowest BCUT2D eigenvalue weighted by Crippen LogP contribution is -2.26. The molecule has 0 aliphatic heterocycles. The number of hydrogen-bond donors (Lipinski definition) is 1. The third-order valence-electron chi connectivity index (χ3n) is 2.87. The molecule has 1 N–H and O–H groups in total. The molecule has 2 heterocycles. The van der Waals surface area contributed by atoms with E-state index in [1.54, 1.807) is 24.6 Å². The lowest BCUT2D eigenvalue weighted by Gasteiger charge is -2.24. The zero-order chi connectivity index (χ0) is 13.0. The highest BCUT2D eigenvalue weighted by atomic mass is 32.1. The number of aromatic nitrogens is 1. The van der Waals surface area contributed by atoms with Gasteiger partial charge in [-0.3, -0.25) is 0 Å². The van der Waals surface area contributed by atoms with Gasteiger partial charge in [0.1, 0.15) is 11.6 Å². The Kier molecular flexibility index (Phi) is 3.87. The van der Waals surface area contributed by atoms with Gasteiger partial charge in [0, 0.05) is 16.8 Å². The highest BCUT2D eigenvalue weighted by Gasteiger charge is 2.21. The second-order valence-electron chi connectivity index (χ2n) is 4.80. The fourth-order valence-corrected chi connectivity index (χ4v) is 2.52. The Morgan fingerprint density at radius 2 is 2.17 bits per heavy atom. The van der Waals surface area contributed by atoms with Crippen molar-refractivity contribution in [3.05, 3.63) is 40.7 Å². The summed E-state index contributed by atoms with van der Waals surface area (Å²) in [6, 6.07) is 8.11. The van der Waals surface area contributed by atoms with Crippen LogP contribution in [0, 0.1) is 0 Å². The molecule has 2 aromatic heterocycles. The lowest BCUT2D eigenvalue weighted by atomic mass is 9.91. The van der Waals surface area contributed by atoms with Crippen molar-refractivity contribution < 1.29 is 4.74 Å². The van der Waals surface area contributed by atoms with Crippen molar-refractivity contribution in [2.45, 2.75) is 19.3 Å². The number of anilines is 1. The second-order valence-corrected chi connectivity index (χ2v) is 5.75. The monoisotopic (exact) mass is 262 g/mol. The highest BCUT2D eigenvalue weighted by Crippen LogP contribution is 2.27. The molecule has 0 unspecified atom stereocenters. The summed E-state index contributed by atoms with van der Waals surface area (Å²) in [6.45, 7) is 5.32. The van der Waals surface area contributed by atoms with Crippen molar-refractivity contribution in [2.75, 3.05) is 19.0 Å². The molecular weight excluding hydrogens is 244 g/mol. The minimum Gasteiger partial charge on any atom is -0.495 e. The number of hydrogen-bond acceptors (Lipinski definition) is 4. The first-order chi connectivity index (χ1) is 8.62. The Morgan fingerprint density at radius 3 is 2.72 bits per heavy atom. The number of thiophene rings is 1. The van der Waals surface area contributed by atoms with Crippen molar-refractivity contribution in [2.24, 2.45) is 0 Å². The van der Waals surface area contributed by atoms with Crippen LogP contribution in [0.25, 0.3) is 0 Å². The molecule has 0 saturated carbocycles. The first-order valence-electron chi connectivity index (χ1n) is 5.90. The van der Waals surface area contributed by atoms with Gasteiger partial charge in [0.05, 0.1) is 13.3 Å². The fraction of sp³-hybridized carbons (Fsp3) is 0.357. The average Bonchev–Trinajstić information content (AvgIpc) is 2.92.